The van der Waals surface area contributed by atoms with Gasteiger partial charge in [0.25, 0.3) is 0 Å². The summed E-state index contributed by atoms with van der Waals surface area (Å²) in [6.07, 6.45) is 7.95. The van der Waals surface area contributed by atoms with Crippen LogP contribution in [0.2, 0.25) is 0 Å². The second-order valence-corrected chi connectivity index (χ2v) is 6.58. The number of hydrogen-bond acceptors (Lipinski definition) is 2. The van der Waals surface area contributed by atoms with Gasteiger partial charge in [0.1, 0.15) is 0 Å². The van der Waals surface area contributed by atoms with E-state index in [1.807, 2.05) is 0 Å². The second kappa shape index (κ2) is 5.96. The second-order valence-electron chi connectivity index (χ2n) is 6.58. The number of hydrogen-bond donors (Lipinski definition) is 0. The van der Waals surface area contributed by atoms with E-state index in [-0.39, 0.29) is 11.8 Å². The van der Waals surface area contributed by atoms with Crippen LogP contribution >= 0.6 is 0 Å². The van der Waals surface area contributed by atoms with Crippen molar-refractivity contribution in [2.45, 2.75) is 57.7 Å². The summed E-state index contributed by atoms with van der Waals surface area (Å²) in [5.74, 6) is 1.85. The highest BCUT2D eigenvalue weighted by molar-refractivity contribution is 5.79. The molecule has 0 spiro atoms. The van der Waals surface area contributed by atoms with Crippen molar-refractivity contribution in [1.82, 2.24) is 4.90 Å². The molecule has 3 rings (SSSR count). The van der Waals surface area contributed by atoms with E-state index < -0.39 is 12.7 Å². The van der Waals surface area contributed by atoms with Gasteiger partial charge >= 0.3 is 6.61 Å². The molecule has 5 heteroatoms. The molecule has 3 fully saturated rings. The fourth-order valence-corrected chi connectivity index (χ4v) is 4.21. The van der Waals surface area contributed by atoms with Crippen LogP contribution in [0, 0.1) is 17.8 Å². The fraction of sp³-hybridized carbons (Fsp3) is 0.933. The molecule has 1 heterocycles. The Bertz CT molecular complexity index is 358. The average Bonchev–Trinajstić information content (AvgIpc) is 2.41. The third-order valence-corrected chi connectivity index (χ3v) is 5.34. The van der Waals surface area contributed by atoms with E-state index in [2.05, 4.69) is 4.74 Å². The molecule has 3 atom stereocenters. The molecule has 0 aromatic rings. The standard InChI is InChI=1S/C15H23F2NO2/c16-15(17)20-13-8-18(9-13)14(19)12-6-5-10-3-1-2-4-11(10)7-12/h10-13,15H,1-9H2. The van der Waals surface area contributed by atoms with Crippen molar-refractivity contribution in [2.75, 3.05) is 13.1 Å². The summed E-state index contributed by atoms with van der Waals surface area (Å²) in [7, 11) is 0. The minimum Gasteiger partial charge on any atom is -0.337 e. The number of halogens is 2. The molecule has 0 radical (unpaired) electrons. The van der Waals surface area contributed by atoms with Crippen LogP contribution in [-0.2, 0) is 9.53 Å². The topological polar surface area (TPSA) is 29.5 Å². The monoisotopic (exact) mass is 287 g/mol. The zero-order chi connectivity index (χ0) is 14.1. The van der Waals surface area contributed by atoms with E-state index in [0.29, 0.717) is 13.1 Å². The largest absolute Gasteiger partial charge is 0.345 e. The van der Waals surface area contributed by atoms with Gasteiger partial charge in [-0.2, -0.15) is 8.78 Å². The van der Waals surface area contributed by atoms with Crippen molar-refractivity contribution in [2.24, 2.45) is 17.8 Å². The smallest absolute Gasteiger partial charge is 0.337 e. The maximum Gasteiger partial charge on any atom is 0.345 e. The first kappa shape index (κ1) is 14.2. The first-order valence-electron chi connectivity index (χ1n) is 7.86. The first-order chi connectivity index (χ1) is 9.63. The average molecular weight is 287 g/mol. The molecular formula is C15H23F2NO2. The number of amides is 1. The van der Waals surface area contributed by atoms with Crippen molar-refractivity contribution in [3.8, 4) is 0 Å². The molecule has 1 aliphatic heterocycles. The highest BCUT2D eigenvalue weighted by Crippen LogP contribution is 2.43. The number of carbonyl (C=O) groups is 1. The van der Waals surface area contributed by atoms with E-state index in [9.17, 15) is 13.6 Å². The summed E-state index contributed by atoms with van der Waals surface area (Å²) < 4.78 is 28.5. The van der Waals surface area contributed by atoms with Crippen LogP contribution in [0.25, 0.3) is 0 Å². The van der Waals surface area contributed by atoms with E-state index >= 15 is 0 Å². The number of rotatable bonds is 3. The van der Waals surface area contributed by atoms with Crippen LogP contribution in [0.1, 0.15) is 44.9 Å². The number of likely N-dealkylation sites (tertiary alicyclic amines) is 1. The van der Waals surface area contributed by atoms with Gasteiger partial charge in [0, 0.05) is 19.0 Å². The molecule has 0 aromatic heterocycles. The summed E-state index contributed by atoms with van der Waals surface area (Å²) in [5.41, 5.74) is 0. The van der Waals surface area contributed by atoms with E-state index in [0.717, 1.165) is 24.7 Å². The Morgan fingerprint density at radius 3 is 2.45 bits per heavy atom. The van der Waals surface area contributed by atoms with Crippen LogP contribution in [0.15, 0.2) is 0 Å². The predicted octanol–water partition coefficient (Wildman–Crippen LogP) is 3.04. The summed E-state index contributed by atoms with van der Waals surface area (Å²) in [6.45, 7) is -2.04. The molecule has 3 unspecified atom stereocenters. The van der Waals surface area contributed by atoms with Gasteiger partial charge in [-0.3, -0.25) is 4.79 Å². The zero-order valence-corrected chi connectivity index (χ0v) is 11.8. The number of fused-ring (bicyclic) bond motifs is 1. The Morgan fingerprint density at radius 1 is 1.05 bits per heavy atom. The normalized spacial score (nSPS) is 34.8. The maximum absolute atomic E-state index is 12.4. The zero-order valence-electron chi connectivity index (χ0n) is 11.8. The van der Waals surface area contributed by atoms with Crippen molar-refractivity contribution in [1.29, 1.82) is 0 Å². The predicted molar refractivity (Wildman–Crippen MR) is 70.2 cm³/mol. The van der Waals surface area contributed by atoms with Gasteiger partial charge in [-0.25, -0.2) is 0 Å². The molecule has 2 saturated carbocycles. The van der Waals surface area contributed by atoms with Crippen molar-refractivity contribution >= 4 is 5.91 Å². The van der Waals surface area contributed by atoms with Gasteiger partial charge in [0.2, 0.25) is 5.91 Å². The fourth-order valence-electron chi connectivity index (χ4n) is 4.21. The molecule has 3 nitrogen and oxygen atoms in total. The van der Waals surface area contributed by atoms with Crippen LogP contribution in [0.5, 0.6) is 0 Å². The lowest BCUT2D eigenvalue weighted by Gasteiger charge is -2.44. The number of carbonyl (C=O) groups excluding carboxylic acids is 1. The number of nitrogens with zero attached hydrogens (tertiary/aromatic N) is 1. The van der Waals surface area contributed by atoms with Crippen molar-refractivity contribution < 1.29 is 18.3 Å². The molecule has 1 amide bonds. The lowest BCUT2D eigenvalue weighted by Crippen LogP contribution is -2.57. The van der Waals surface area contributed by atoms with Gasteiger partial charge in [0.15, 0.2) is 0 Å². The molecule has 0 bridgehead atoms. The molecular weight excluding hydrogens is 264 g/mol. The summed E-state index contributed by atoms with van der Waals surface area (Å²) in [4.78, 5) is 14.1. The van der Waals surface area contributed by atoms with Crippen LogP contribution in [0.3, 0.4) is 0 Å². The minimum atomic E-state index is -2.73. The number of ether oxygens (including phenoxy) is 1. The van der Waals surface area contributed by atoms with Gasteiger partial charge in [-0.15, -0.1) is 0 Å². The third-order valence-electron chi connectivity index (χ3n) is 5.34. The Hall–Kier alpha value is -0.710. The van der Waals surface area contributed by atoms with Gasteiger partial charge in [0.05, 0.1) is 6.10 Å². The molecule has 0 N–H and O–H groups in total. The summed E-state index contributed by atoms with van der Waals surface area (Å²) >= 11 is 0. The minimum absolute atomic E-state index is 0.127. The Balaban J connectivity index is 1.47. The maximum atomic E-state index is 12.4. The molecule has 2 aliphatic carbocycles. The third kappa shape index (κ3) is 2.97. The lowest BCUT2D eigenvalue weighted by atomic mass is 9.67. The van der Waals surface area contributed by atoms with Gasteiger partial charge in [-0.1, -0.05) is 25.7 Å². The molecule has 1 saturated heterocycles. The van der Waals surface area contributed by atoms with Gasteiger partial charge < -0.3 is 9.64 Å². The van der Waals surface area contributed by atoms with Crippen molar-refractivity contribution in [3.05, 3.63) is 0 Å². The highest BCUT2D eigenvalue weighted by Gasteiger charge is 2.40. The van der Waals surface area contributed by atoms with Crippen LogP contribution < -0.4 is 0 Å². The molecule has 3 aliphatic rings. The van der Waals surface area contributed by atoms with Gasteiger partial charge in [-0.05, 0) is 31.1 Å². The SMILES string of the molecule is O=C(C1CCC2CCCCC2C1)N1CC(OC(F)F)C1. The Kier molecular flexibility index (Phi) is 4.24. The molecule has 114 valence electrons. The molecule has 20 heavy (non-hydrogen) atoms. The first-order valence-corrected chi connectivity index (χ1v) is 7.86. The highest BCUT2D eigenvalue weighted by atomic mass is 19.3. The van der Waals surface area contributed by atoms with E-state index in [1.54, 1.807) is 4.90 Å². The lowest BCUT2D eigenvalue weighted by molar-refractivity contribution is -0.200. The Morgan fingerprint density at radius 2 is 1.75 bits per heavy atom. The van der Waals surface area contributed by atoms with Crippen LogP contribution in [-0.4, -0.2) is 36.6 Å². The summed E-state index contributed by atoms with van der Waals surface area (Å²) in [6, 6.07) is 0. The Labute approximate surface area is 118 Å². The van der Waals surface area contributed by atoms with E-state index in [1.165, 1.54) is 32.1 Å². The number of alkyl halides is 2. The summed E-state index contributed by atoms with van der Waals surface area (Å²) in [5, 5.41) is 0. The van der Waals surface area contributed by atoms with Crippen molar-refractivity contribution in [3.63, 3.8) is 0 Å². The van der Waals surface area contributed by atoms with Crippen LogP contribution in [0.4, 0.5) is 8.78 Å². The quantitative estimate of drug-likeness (QED) is 0.798. The molecule has 0 aromatic carbocycles. The van der Waals surface area contributed by atoms with E-state index in [4.69, 9.17) is 0 Å².